The highest BCUT2D eigenvalue weighted by Crippen LogP contribution is 2.27. The summed E-state index contributed by atoms with van der Waals surface area (Å²) < 4.78 is 8.20. The van der Waals surface area contributed by atoms with Gasteiger partial charge in [0, 0.05) is 12.1 Å². The standard InChI is InChI=1S/C26H28N2O/c1-2-3-4-10-19-29-23-17-15-22(16-18-23)26-27-24-13-8-9-14-25(24)28(26)20-21-11-6-5-7-12-21/h5-9,11-18H,2-4,10,19-20H2,1H3. The van der Waals surface area contributed by atoms with Gasteiger partial charge in [-0.05, 0) is 48.4 Å². The molecule has 0 atom stereocenters. The first kappa shape index (κ1) is 19.3. The van der Waals surface area contributed by atoms with Gasteiger partial charge in [0.2, 0.25) is 0 Å². The maximum absolute atomic E-state index is 5.90. The molecule has 0 unspecified atom stereocenters. The van der Waals surface area contributed by atoms with Gasteiger partial charge in [-0.25, -0.2) is 4.98 Å². The summed E-state index contributed by atoms with van der Waals surface area (Å²) in [5, 5.41) is 0. The van der Waals surface area contributed by atoms with Crippen LogP contribution in [0, 0.1) is 0 Å². The molecule has 3 aromatic carbocycles. The Labute approximate surface area is 173 Å². The number of aromatic nitrogens is 2. The van der Waals surface area contributed by atoms with E-state index in [2.05, 4.69) is 84.3 Å². The van der Waals surface area contributed by atoms with Crippen molar-refractivity contribution in [3.8, 4) is 17.1 Å². The Bertz CT molecular complexity index is 1040. The molecule has 1 heterocycles. The molecular formula is C26H28N2O. The Morgan fingerprint density at radius 1 is 0.793 bits per heavy atom. The van der Waals surface area contributed by atoms with Crippen molar-refractivity contribution in [2.24, 2.45) is 0 Å². The van der Waals surface area contributed by atoms with Crippen LogP contribution >= 0.6 is 0 Å². The van der Waals surface area contributed by atoms with Gasteiger partial charge in [0.1, 0.15) is 11.6 Å². The molecular weight excluding hydrogens is 356 g/mol. The van der Waals surface area contributed by atoms with E-state index in [1.165, 1.54) is 24.8 Å². The first-order valence-corrected chi connectivity index (χ1v) is 10.6. The zero-order chi connectivity index (χ0) is 19.9. The molecule has 148 valence electrons. The van der Waals surface area contributed by atoms with Crippen molar-refractivity contribution in [2.45, 2.75) is 39.2 Å². The highest BCUT2D eigenvalue weighted by Gasteiger charge is 2.13. The maximum Gasteiger partial charge on any atom is 0.141 e. The molecule has 4 rings (SSSR count). The SMILES string of the molecule is CCCCCCOc1ccc(-c2nc3ccccc3n2Cc2ccccc2)cc1. The van der Waals surface area contributed by atoms with Crippen LogP contribution in [0.15, 0.2) is 78.9 Å². The summed E-state index contributed by atoms with van der Waals surface area (Å²) in [5.74, 6) is 1.92. The molecule has 1 aromatic heterocycles. The van der Waals surface area contributed by atoms with E-state index in [-0.39, 0.29) is 0 Å². The summed E-state index contributed by atoms with van der Waals surface area (Å²) >= 11 is 0. The van der Waals surface area contributed by atoms with Crippen LogP contribution in [0.5, 0.6) is 5.75 Å². The number of imidazole rings is 1. The fraction of sp³-hybridized carbons (Fsp3) is 0.269. The third-order valence-electron chi connectivity index (χ3n) is 5.22. The Kier molecular flexibility index (Phi) is 6.25. The zero-order valence-electron chi connectivity index (χ0n) is 17.1. The lowest BCUT2D eigenvalue weighted by molar-refractivity contribution is 0.305. The minimum Gasteiger partial charge on any atom is -0.494 e. The smallest absolute Gasteiger partial charge is 0.141 e. The van der Waals surface area contributed by atoms with E-state index >= 15 is 0 Å². The summed E-state index contributed by atoms with van der Waals surface area (Å²) in [6.45, 7) is 3.81. The second kappa shape index (κ2) is 9.42. The highest BCUT2D eigenvalue weighted by atomic mass is 16.5. The molecule has 0 saturated carbocycles. The zero-order valence-corrected chi connectivity index (χ0v) is 17.1. The number of para-hydroxylation sites is 2. The van der Waals surface area contributed by atoms with Crippen LogP contribution in [0.4, 0.5) is 0 Å². The highest BCUT2D eigenvalue weighted by molar-refractivity contribution is 5.80. The summed E-state index contributed by atoms with van der Waals surface area (Å²) in [5.41, 5.74) is 4.55. The summed E-state index contributed by atoms with van der Waals surface area (Å²) in [7, 11) is 0. The van der Waals surface area contributed by atoms with Crippen LogP contribution in [0.1, 0.15) is 38.2 Å². The van der Waals surface area contributed by atoms with E-state index in [1.807, 2.05) is 6.07 Å². The van der Waals surface area contributed by atoms with Gasteiger partial charge in [-0.2, -0.15) is 0 Å². The molecule has 3 nitrogen and oxygen atoms in total. The molecule has 0 aliphatic rings. The summed E-state index contributed by atoms with van der Waals surface area (Å²) in [6.07, 6.45) is 4.87. The Hall–Kier alpha value is -3.07. The Balaban J connectivity index is 1.57. The number of unbranched alkanes of at least 4 members (excludes halogenated alkanes) is 3. The molecule has 4 aromatic rings. The van der Waals surface area contributed by atoms with Gasteiger partial charge in [-0.3, -0.25) is 0 Å². The number of fused-ring (bicyclic) bond motifs is 1. The van der Waals surface area contributed by atoms with E-state index < -0.39 is 0 Å². The predicted octanol–water partition coefficient (Wildman–Crippen LogP) is 6.71. The number of ether oxygens (including phenoxy) is 1. The molecule has 3 heteroatoms. The van der Waals surface area contributed by atoms with Crippen LogP contribution in [0.2, 0.25) is 0 Å². The fourth-order valence-electron chi connectivity index (χ4n) is 3.64. The van der Waals surface area contributed by atoms with Crippen molar-refractivity contribution in [1.29, 1.82) is 0 Å². The van der Waals surface area contributed by atoms with E-state index in [9.17, 15) is 0 Å². The first-order chi connectivity index (χ1) is 14.3. The predicted molar refractivity (Wildman–Crippen MR) is 120 cm³/mol. The summed E-state index contributed by atoms with van der Waals surface area (Å²) in [6, 6.07) is 27.2. The number of hydrogen-bond acceptors (Lipinski definition) is 2. The van der Waals surface area contributed by atoms with Crippen molar-refractivity contribution < 1.29 is 4.74 Å². The van der Waals surface area contributed by atoms with Gasteiger partial charge >= 0.3 is 0 Å². The first-order valence-electron chi connectivity index (χ1n) is 10.6. The van der Waals surface area contributed by atoms with E-state index in [0.717, 1.165) is 47.7 Å². The van der Waals surface area contributed by atoms with Gasteiger partial charge in [0.15, 0.2) is 0 Å². The molecule has 0 spiro atoms. The molecule has 0 aliphatic heterocycles. The minimum atomic E-state index is 0.784. The van der Waals surface area contributed by atoms with Gasteiger partial charge < -0.3 is 9.30 Å². The average molecular weight is 385 g/mol. The van der Waals surface area contributed by atoms with E-state index in [0.29, 0.717) is 0 Å². The monoisotopic (exact) mass is 384 g/mol. The van der Waals surface area contributed by atoms with Crippen molar-refractivity contribution in [3.63, 3.8) is 0 Å². The lowest BCUT2D eigenvalue weighted by Gasteiger charge is -2.11. The quantitative estimate of drug-likeness (QED) is 0.300. The molecule has 0 saturated heterocycles. The second-order valence-corrected chi connectivity index (χ2v) is 7.43. The molecule has 0 bridgehead atoms. The van der Waals surface area contributed by atoms with Gasteiger partial charge in [0.05, 0.1) is 17.6 Å². The maximum atomic E-state index is 5.90. The normalized spacial score (nSPS) is 11.1. The van der Waals surface area contributed by atoms with Crippen LogP contribution < -0.4 is 4.74 Å². The van der Waals surface area contributed by atoms with Crippen molar-refractivity contribution in [3.05, 3.63) is 84.4 Å². The molecule has 0 N–H and O–H groups in total. The summed E-state index contributed by atoms with van der Waals surface area (Å²) in [4.78, 5) is 4.93. The number of rotatable bonds is 9. The van der Waals surface area contributed by atoms with Crippen LogP contribution in [-0.4, -0.2) is 16.2 Å². The lowest BCUT2D eigenvalue weighted by atomic mass is 10.2. The molecule has 0 aliphatic carbocycles. The van der Waals surface area contributed by atoms with Gasteiger partial charge in [-0.15, -0.1) is 0 Å². The molecule has 29 heavy (non-hydrogen) atoms. The second-order valence-electron chi connectivity index (χ2n) is 7.43. The molecule has 0 amide bonds. The fourth-order valence-corrected chi connectivity index (χ4v) is 3.64. The largest absolute Gasteiger partial charge is 0.494 e. The average Bonchev–Trinajstić information content (AvgIpc) is 3.13. The van der Waals surface area contributed by atoms with Gasteiger partial charge in [0.25, 0.3) is 0 Å². The topological polar surface area (TPSA) is 27.1 Å². The third kappa shape index (κ3) is 4.68. The van der Waals surface area contributed by atoms with Crippen molar-refractivity contribution in [1.82, 2.24) is 9.55 Å². The van der Waals surface area contributed by atoms with Crippen molar-refractivity contribution >= 4 is 11.0 Å². The minimum absolute atomic E-state index is 0.784. The molecule has 0 radical (unpaired) electrons. The van der Waals surface area contributed by atoms with Crippen LogP contribution in [-0.2, 0) is 6.54 Å². The lowest BCUT2D eigenvalue weighted by Crippen LogP contribution is -2.02. The number of benzene rings is 3. The van der Waals surface area contributed by atoms with Crippen LogP contribution in [0.25, 0.3) is 22.4 Å². The third-order valence-corrected chi connectivity index (χ3v) is 5.22. The van der Waals surface area contributed by atoms with E-state index in [1.54, 1.807) is 0 Å². The Morgan fingerprint density at radius 2 is 1.55 bits per heavy atom. The van der Waals surface area contributed by atoms with Gasteiger partial charge in [-0.1, -0.05) is 68.7 Å². The number of nitrogens with zero attached hydrogens (tertiary/aromatic N) is 2. The van der Waals surface area contributed by atoms with Crippen LogP contribution in [0.3, 0.4) is 0 Å². The molecule has 0 fully saturated rings. The van der Waals surface area contributed by atoms with E-state index in [4.69, 9.17) is 9.72 Å². The Morgan fingerprint density at radius 3 is 2.34 bits per heavy atom. The number of hydrogen-bond donors (Lipinski definition) is 0. The van der Waals surface area contributed by atoms with Crippen molar-refractivity contribution in [2.75, 3.05) is 6.61 Å².